The number of rotatable bonds is 6. The molecule has 0 amide bonds. The van der Waals surface area contributed by atoms with Crippen LogP contribution in [0.4, 0.5) is 0 Å². The minimum Gasteiger partial charge on any atom is -0.382 e. The quantitative estimate of drug-likeness (QED) is 0.602. The number of aryl methyl sites for hydroxylation is 2. The molecule has 0 aromatic carbocycles. The predicted octanol–water partition coefficient (Wildman–Crippen LogP) is 3.43. The molecule has 4 nitrogen and oxygen atoms in total. The number of hydrogen-bond acceptors (Lipinski definition) is 5. The summed E-state index contributed by atoms with van der Waals surface area (Å²) in [6, 6.07) is 0. The van der Waals surface area contributed by atoms with Gasteiger partial charge < -0.3 is 9.47 Å². The van der Waals surface area contributed by atoms with Crippen LogP contribution < -0.4 is 0 Å². The summed E-state index contributed by atoms with van der Waals surface area (Å²) in [6.45, 7) is 1.80. The van der Waals surface area contributed by atoms with Crippen LogP contribution in [0.2, 0.25) is 5.15 Å². The highest BCUT2D eigenvalue weighted by Gasteiger charge is 2.20. The van der Waals surface area contributed by atoms with Crippen LogP contribution in [0.5, 0.6) is 0 Å². The van der Waals surface area contributed by atoms with Crippen molar-refractivity contribution in [2.24, 2.45) is 0 Å². The highest BCUT2D eigenvalue weighted by atomic mass is 35.5. The van der Waals surface area contributed by atoms with Crippen LogP contribution >= 0.6 is 22.9 Å². The van der Waals surface area contributed by atoms with E-state index in [1.54, 1.807) is 18.4 Å². The Hall–Kier alpha value is -0.750. The highest BCUT2D eigenvalue weighted by Crippen LogP contribution is 2.38. The molecule has 1 aliphatic rings. The van der Waals surface area contributed by atoms with Crippen LogP contribution in [0.25, 0.3) is 10.2 Å². The summed E-state index contributed by atoms with van der Waals surface area (Å²) in [5.41, 5.74) is 1.38. The number of nitrogens with zero attached hydrogens (tertiary/aromatic N) is 2. The molecule has 0 saturated heterocycles. The average Bonchev–Trinajstić information content (AvgIpc) is 2.85. The molecule has 6 heteroatoms. The van der Waals surface area contributed by atoms with Crippen molar-refractivity contribution in [2.45, 2.75) is 32.1 Å². The summed E-state index contributed by atoms with van der Waals surface area (Å²) >= 11 is 8.18. The van der Waals surface area contributed by atoms with Gasteiger partial charge in [0.05, 0.1) is 25.2 Å². The summed E-state index contributed by atoms with van der Waals surface area (Å²) in [5, 5.41) is 1.69. The van der Waals surface area contributed by atoms with Crippen LogP contribution in [-0.2, 0) is 28.7 Å². The Morgan fingerprint density at radius 1 is 1.14 bits per heavy atom. The fraction of sp³-hybridized carbons (Fsp3) is 0.600. The Morgan fingerprint density at radius 2 is 2.00 bits per heavy atom. The lowest BCUT2D eigenvalue weighted by Gasteiger charge is -2.10. The van der Waals surface area contributed by atoms with Gasteiger partial charge in [0.25, 0.3) is 0 Å². The summed E-state index contributed by atoms with van der Waals surface area (Å²) in [5.74, 6) is 0.767. The van der Waals surface area contributed by atoms with Crippen LogP contribution in [0, 0.1) is 0 Å². The summed E-state index contributed by atoms with van der Waals surface area (Å²) < 4.78 is 10.4. The molecule has 1 aliphatic carbocycles. The third kappa shape index (κ3) is 3.37. The zero-order valence-corrected chi connectivity index (χ0v) is 13.7. The van der Waals surface area contributed by atoms with Crippen LogP contribution in [0.3, 0.4) is 0 Å². The van der Waals surface area contributed by atoms with E-state index in [-0.39, 0.29) is 0 Å². The number of thiophene rings is 1. The van der Waals surface area contributed by atoms with Crippen LogP contribution in [0.1, 0.15) is 29.1 Å². The second-order valence-corrected chi connectivity index (χ2v) is 6.62. The standard InChI is InChI=1S/C15H19ClN2O2S/c1-19-8-9-20-7-6-12-17-14(16)13-10-4-2-3-5-11(10)21-15(13)18-12/h2-9H2,1H3. The van der Waals surface area contributed by atoms with E-state index in [0.717, 1.165) is 28.9 Å². The lowest BCUT2D eigenvalue weighted by atomic mass is 9.97. The molecule has 0 bridgehead atoms. The van der Waals surface area contributed by atoms with Gasteiger partial charge >= 0.3 is 0 Å². The Bertz CT molecular complexity index is 630. The summed E-state index contributed by atoms with van der Waals surface area (Å²) in [6.07, 6.45) is 5.46. The molecular weight excluding hydrogens is 308 g/mol. The fourth-order valence-corrected chi connectivity index (χ4v) is 4.31. The van der Waals surface area contributed by atoms with Gasteiger partial charge in [-0.25, -0.2) is 9.97 Å². The molecule has 0 N–H and O–H groups in total. The molecule has 2 heterocycles. The maximum absolute atomic E-state index is 6.40. The first kappa shape index (κ1) is 15.2. The van der Waals surface area contributed by atoms with E-state index in [2.05, 4.69) is 9.97 Å². The van der Waals surface area contributed by atoms with Gasteiger partial charge in [-0.1, -0.05) is 11.6 Å². The van der Waals surface area contributed by atoms with Gasteiger partial charge in [-0.15, -0.1) is 11.3 Å². The third-order valence-electron chi connectivity index (χ3n) is 3.72. The lowest BCUT2D eigenvalue weighted by Crippen LogP contribution is -2.07. The van der Waals surface area contributed by atoms with Gasteiger partial charge in [0.15, 0.2) is 0 Å². The topological polar surface area (TPSA) is 44.2 Å². The third-order valence-corrected chi connectivity index (χ3v) is 5.18. The van der Waals surface area contributed by atoms with E-state index < -0.39 is 0 Å². The van der Waals surface area contributed by atoms with Crippen LogP contribution in [0.15, 0.2) is 0 Å². The predicted molar refractivity (Wildman–Crippen MR) is 85.5 cm³/mol. The van der Waals surface area contributed by atoms with Crippen molar-refractivity contribution in [2.75, 3.05) is 26.9 Å². The molecule has 0 spiro atoms. The zero-order valence-electron chi connectivity index (χ0n) is 12.2. The zero-order chi connectivity index (χ0) is 14.7. The van der Waals surface area contributed by atoms with Crippen molar-refractivity contribution in [1.29, 1.82) is 0 Å². The molecule has 21 heavy (non-hydrogen) atoms. The van der Waals surface area contributed by atoms with Gasteiger partial charge in [-0.05, 0) is 31.2 Å². The first-order valence-electron chi connectivity index (χ1n) is 7.33. The van der Waals surface area contributed by atoms with Gasteiger partial charge in [-0.2, -0.15) is 0 Å². The summed E-state index contributed by atoms with van der Waals surface area (Å²) in [7, 11) is 1.67. The van der Waals surface area contributed by atoms with E-state index in [1.165, 1.54) is 23.3 Å². The molecule has 0 atom stereocenters. The molecule has 2 aromatic heterocycles. The lowest BCUT2D eigenvalue weighted by molar-refractivity contribution is 0.0716. The molecule has 0 saturated carbocycles. The van der Waals surface area contributed by atoms with Crippen LogP contribution in [-0.4, -0.2) is 36.9 Å². The number of aromatic nitrogens is 2. The van der Waals surface area contributed by atoms with E-state index in [4.69, 9.17) is 21.1 Å². The Balaban J connectivity index is 1.76. The molecule has 0 aliphatic heterocycles. The van der Waals surface area contributed by atoms with E-state index in [0.29, 0.717) is 31.4 Å². The second kappa shape index (κ2) is 7.01. The Morgan fingerprint density at radius 3 is 2.86 bits per heavy atom. The highest BCUT2D eigenvalue weighted by molar-refractivity contribution is 7.19. The molecule has 0 fully saturated rings. The minimum atomic E-state index is 0.594. The fourth-order valence-electron chi connectivity index (χ4n) is 2.67. The Labute approximate surface area is 133 Å². The largest absolute Gasteiger partial charge is 0.382 e. The van der Waals surface area contributed by atoms with Gasteiger partial charge in [0.1, 0.15) is 15.8 Å². The molecule has 2 aromatic rings. The monoisotopic (exact) mass is 326 g/mol. The number of methoxy groups -OCH3 is 1. The molecule has 114 valence electrons. The van der Waals surface area contributed by atoms with Gasteiger partial charge in [0, 0.05) is 18.4 Å². The van der Waals surface area contributed by atoms with Gasteiger partial charge in [-0.3, -0.25) is 0 Å². The molecule has 0 radical (unpaired) electrons. The normalized spacial score (nSPS) is 14.6. The molecular formula is C15H19ClN2O2S. The van der Waals surface area contributed by atoms with Crippen molar-refractivity contribution in [1.82, 2.24) is 9.97 Å². The molecule has 0 unspecified atom stereocenters. The smallest absolute Gasteiger partial charge is 0.141 e. The first-order valence-corrected chi connectivity index (χ1v) is 8.52. The number of halogens is 1. The molecule has 3 rings (SSSR count). The SMILES string of the molecule is COCCOCCc1nc(Cl)c2c3c(sc2n1)CCCC3. The Kier molecular flexibility index (Phi) is 5.06. The van der Waals surface area contributed by atoms with Crippen molar-refractivity contribution in [3.8, 4) is 0 Å². The van der Waals surface area contributed by atoms with Gasteiger partial charge in [0.2, 0.25) is 0 Å². The minimum absolute atomic E-state index is 0.594. The van der Waals surface area contributed by atoms with E-state index in [1.807, 2.05) is 0 Å². The van der Waals surface area contributed by atoms with Crippen molar-refractivity contribution >= 4 is 33.2 Å². The number of hydrogen-bond donors (Lipinski definition) is 0. The van der Waals surface area contributed by atoms with E-state index >= 15 is 0 Å². The average molecular weight is 327 g/mol. The van der Waals surface area contributed by atoms with Crippen molar-refractivity contribution < 1.29 is 9.47 Å². The van der Waals surface area contributed by atoms with Crippen molar-refractivity contribution in [3.63, 3.8) is 0 Å². The maximum atomic E-state index is 6.40. The first-order chi connectivity index (χ1) is 10.3. The number of fused-ring (bicyclic) bond motifs is 3. The second-order valence-electron chi connectivity index (χ2n) is 5.18. The number of ether oxygens (including phenoxy) is 2. The maximum Gasteiger partial charge on any atom is 0.141 e. The summed E-state index contributed by atoms with van der Waals surface area (Å²) in [4.78, 5) is 11.6. The van der Waals surface area contributed by atoms with Crippen molar-refractivity contribution in [3.05, 3.63) is 21.4 Å². The van der Waals surface area contributed by atoms with E-state index in [9.17, 15) is 0 Å².